The molecule has 0 aromatic carbocycles. The molecular formula is C15H32NO2+. The molecule has 0 aromatic rings. The third kappa shape index (κ3) is 10.7. The Morgan fingerprint density at radius 1 is 1.00 bits per heavy atom. The Balaban J connectivity index is 3.52. The standard InChI is InChI=1S/C15H32NO2/c1-5-6-7-8-9-10-11-12-14(17)15(18)13-16(2,3)4/h15,18H,5-13H2,1-4H3/q+1. The lowest BCUT2D eigenvalue weighted by molar-refractivity contribution is -0.872. The van der Waals surface area contributed by atoms with Crippen LogP contribution in [0.25, 0.3) is 0 Å². The Labute approximate surface area is 113 Å². The molecule has 0 aromatic heterocycles. The van der Waals surface area contributed by atoms with E-state index in [1.807, 2.05) is 21.1 Å². The highest BCUT2D eigenvalue weighted by Crippen LogP contribution is 2.09. The summed E-state index contributed by atoms with van der Waals surface area (Å²) in [6, 6.07) is 0. The van der Waals surface area contributed by atoms with Gasteiger partial charge in [-0.05, 0) is 6.42 Å². The third-order valence-corrected chi connectivity index (χ3v) is 3.12. The molecule has 0 fully saturated rings. The second kappa shape index (κ2) is 9.51. The molecule has 108 valence electrons. The first-order chi connectivity index (χ1) is 8.37. The molecule has 0 saturated carbocycles. The predicted molar refractivity (Wildman–Crippen MR) is 76.5 cm³/mol. The average Bonchev–Trinajstić information content (AvgIpc) is 2.25. The number of rotatable bonds is 11. The maximum Gasteiger partial charge on any atom is 0.167 e. The van der Waals surface area contributed by atoms with Gasteiger partial charge in [0.05, 0.1) is 21.1 Å². The first-order valence-corrected chi connectivity index (χ1v) is 7.38. The van der Waals surface area contributed by atoms with Gasteiger partial charge in [0.25, 0.3) is 0 Å². The SMILES string of the molecule is CCCCCCCCCC(=O)C(O)C[N+](C)(C)C. The topological polar surface area (TPSA) is 37.3 Å². The molecule has 0 radical (unpaired) electrons. The quantitative estimate of drug-likeness (QED) is 0.457. The second-order valence-corrected chi connectivity index (χ2v) is 6.33. The lowest BCUT2D eigenvalue weighted by Gasteiger charge is -2.26. The number of aliphatic hydroxyl groups excluding tert-OH is 1. The molecule has 0 aliphatic carbocycles. The monoisotopic (exact) mass is 258 g/mol. The number of carbonyl (C=O) groups is 1. The van der Waals surface area contributed by atoms with E-state index < -0.39 is 6.10 Å². The van der Waals surface area contributed by atoms with Crippen molar-refractivity contribution in [2.24, 2.45) is 0 Å². The van der Waals surface area contributed by atoms with E-state index in [1.165, 1.54) is 32.1 Å². The van der Waals surface area contributed by atoms with Crippen LogP contribution in [0, 0.1) is 0 Å². The maximum absolute atomic E-state index is 11.7. The van der Waals surface area contributed by atoms with E-state index in [2.05, 4.69) is 6.92 Å². The molecule has 0 heterocycles. The van der Waals surface area contributed by atoms with Crippen LogP contribution < -0.4 is 0 Å². The number of carbonyl (C=O) groups excluding carboxylic acids is 1. The Bertz CT molecular complexity index is 221. The van der Waals surface area contributed by atoms with Crippen molar-refractivity contribution in [2.45, 2.75) is 64.4 Å². The molecule has 0 aliphatic heterocycles. The van der Waals surface area contributed by atoms with Crippen molar-refractivity contribution in [1.29, 1.82) is 0 Å². The molecule has 0 bridgehead atoms. The van der Waals surface area contributed by atoms with Gasteiger partial charge < -0.3 is 9.59 Å². The summed E-state index contributed by atoms with van der Waals surface area (Å²) in [5.74, 6) is 0.0107. The summed E-state index contributed by atoms with van der Waals surface area (Å²) in [7, 11) is 5.97. The molecule has 1 unspecified atom stereocenters. The zero-order chi connectivity index (χ0) is 14.0. The van der Waals surface area contributed by atoms with E-state index in [1.54, 1.807) is 0 Å². The number of Topliss-reactive ketones (excluding diaryl/α,β-unsaturated/α-hetero) is 1. The first kappa shape index (κ1) is 17.6. The Morgan fingerprint density at radius 2 is 1.50 bits per heavy atom. The molecule has 0 aliphatic rings. The zero-order valence-corrected chi connectivity index (χ0v) is 12.7. The number of nitrogens with zero attached hydrogens (tertiary/aromatic N) is 1. The molecule has 1 N–H and O–H groups in total. The van der Waals surface area contributed by atoms with Crippen LogP contribution in [0.4, 0.5) is 0 Å². The highest BCUT2D eigenvalue weighted by molar-refractivity contribution is 5.82. The van der Waals surface area contributed by atoms with Crippen LogP contribution in [-0.2, 0) is 4.79 Å². The lowest BCUT2D eigenvalue weighted by atomic mass is 10.0. The van der Waals surface area contributed by atoms with Crippen molar-refractivity contribution in [3.63, 3.8) is 0 Å². The van der Waals surface area contributed by atoms with Crippen LogP contribution in [0.5, 0.6) is 0 Å². The van der Waals surface area contributed by atoms with Crippen molar-refractivity contribution in [1.82, 2.24) is 0 Å². The predicted octanol–water partition coefficient (Wildman–Crippen LogP) is 2.76. The molecule has 0 amide bonds. The third-order valence-electron chi connectivity index (χ3n) is 3.12. The number of aliphatic hydroxyl groups is 1. The highest BCUT2D eigenvalue weighted by Gasteiger charge is 2.21. The fourth-order valence-corrected chi connectivity index (χ4v) is 2.04. The van der Waals surface area contributed by atoms with Crippen molar-refractivity contribution in [3.05, 3.63) is 0 Å². The van der Waals surface area contributed by atoms with E-state index in [0.717, 1.165) is 12.8 Å². The van der Waals surface area contributed by atoms with Crippen LogP contribution in [0.15, 0.2) is 0 Å². The number of hydrogen-bond acceptors (Lipinski definition) is 2. The number of ketones is 1. The Kier molecular flexibility index (Phi) is 9.29. The normalized spacial score (nSPS) is 13.6. The van der Waals surface area contributed by atoms with Crippen molar-refractivity contribution in [3.8, 4) is 0 Å². The van der Waals surface area contributed by atoms with Gasteiger partial charge in [0.15, 0.2) is 11.9 Å². The molecule has 3 heteroatoms. The summed E-state index contributed by atoms with van der Waals surface area (Å²) >= 11 is 0. The van der Waals surface area contributed by atoms with E-state index in [4.69, 9.17) is 0 Å². The fraction of sp³-hybridized carbons (Fsp3) is 0.933. The molecule has 1 atom stereocenters. The van der Waals surface area contributed by atoms with E-state index >= 15 is 0 Å². The molecular weight excluding hydrogens is 226 g/mol. The van der Waals surface area contributed by atoms with Gasteiger partial charge >= 0.3 is 0 Å². The molecule has 3 nitrogen and oxygen atoms in total. The summed E-state index contributed by atoms with van der Waals surface area (Å²) in [6.07, 6.45) is 8.21. The van der Waals surface area contributed by atoms with E-state index in [-0.39, 0.29) is 5.78 Å². The molecule has 0 rings (SSSR count). The molecule has 18 heavy (non-hydrogen) atoms. The minimum absolute atomic E-state index is 0.0107. The van der Waals surface area contributed by atoms with Gasteiger partial charge in [-0.25, -0.2) is 0 Å². The van der Waals surface area contributed by atoms with Crippen molar-refractivity contribution >= 4 is 5.78 Å². The van der Waals surface area contributed by atoms with Crippen LogP contribution >= 0.6 is 0 Å². The summed E-state index contributed by atoms with van der Waals surface area (Å²) < 4.78 is 0.629. The Hall–Kier alpha value is -0.410. The van der Waals surface area contributed by atoms with Crippen molar-refractivity contribution < 1.29 is 14.4 Å². The van der Waals surface area contributed by atoms with Crippen LogP contribution in [0.2, 0.25) is 0 Å². The minimum atomic E-state index is -0.787. The zero-order valence-electron chi connectivity index (χ0n) is 12.7. The molecule has 0 spiro atoms. The van der Waals surface area contributed by atoms with Gasteiger partial charge in [0.2, 0.25) is 0 Å². The molecule has 0 saturated heterocycles. The van der Waals surface area contributed by atoms with Crippen molar-refractivity contribution in [2.75, 3.05) is 27.7 Å². The number of unbranched alkanes of at least 4 members (excludes halogenated alkanes) is 6. The van der Waals surface area contributed by atoms with E-state index in [0.29, 0.717) is 17.4 Å². The number of hydrogen-bond donors (Lipinski definition) is 1. The fourth-order valence-electron chi connectivity index (χ4n) is 2.04. The van der Waals surface area contributed by atoms with Gasteiger partial charge in [-0.1, -0.05) is 45.4 Å². The Morgan fingerprint density at radius 3 is 2.00 bits per heavy atom. The summed E-state index contributed by atoms with van der Waals surface area (Å²) in [5.41, 5.74) is 0. The second-order valence-electron chi connectivity index (χ2n) is 6.33. The largest absolute Gasteiger partial charge is 0.380 e. The minimum Gasteiger partial charge on any atom is -0.380 e. The van der Waals surface area contributed by atoms with Crippen LogP contribution in [0.3, 0.4) is 0 Å². The lowest BCUT2D eigenvalue weighted by Crippen LogP contribution is -2.44. The average molecular weight is 258 g/mol. The number of likely N-dealkylation sites (N-methyl/N-ethyl adjacent to an activating group) is 1. The summed E-state index contributed by atoms with van der Waals surface area (Å²) in [4.78, 5) is 11.7. The number of quaternary nitrogens is 1. The van der Waals surface area contributed by atoms with Crippen LogP contribution in [0.1, 0.15) is 58.3 Å². The van der Waals surface area contributed by atoms with Gasteiger partial charge in [0, 0.05) is 6.42 Å². The maximum atomic E-state index is 11.7. The van der Waals surface area contributed by atoms with Crippen LogP contribution in [-0.4, -0.2) is 49.2 Å². The smallest absolute Gasteiger partial charge is 0.167 e. The summed E-state index contributed by atoms with van der Waals surface area (Å²) in [5, 5.41) is 9.76. The highest BCUT2D eigenvalue weighted by atomic mass is 16.3. The van der Waals surface area contributed by atoms with Gasteiger partial charge in [-0.15, -0.1) is 0 Å². The van der Waals surface area contributed by atoms with Gasteiger partial charge in [0.1, 0.15) is 6.54 Å². The van der Waals surface area contributed by atoms with E-state index in [9.17, 15) is 9.90 Å². The van der Waals surface area contributed by atoms with Gasteiger partial charge in [-0.2, -0.15) is 0 Å². The van der Waals surface area contributed by atoms with Gasteiger partial charge in [-0.3, -0.25) is 4.79 Å². The first-order valence-electron chi connectivity index (χ1n) is 7.38. The summed E-state index contributed by atoms with van der Waals surface area (Å²) in [6.45, 7) is 2.73.